The monoisotopic (exact) mass is 380 g/mol. The summed E-state index contributed by atoms with van der Waals surface area (Å²) < 4.78 is 16.0. The van der Waals surface area contributed by atoms with Gasteiger partial charge in [0.25, 0.3) is 5.56 Å². The van der Waals surface area contributed by atoms with Crippen LogP contribution >= 0.6 is 22.9 Å². The van der Waals surface area contributed by atoms with Gasteiger partial charge in [0.1, 0.15) is 17.1 Å². The smallest absolute Gasteiger partial charge is 0.338 e. The van der Waals surface area contributed by atoms with Gasteiger partial charge in [-0.15, -0.1) is 11.3 Å². The fourth-order valence-electron chi connectivity index (χ4n) is 2.24. The van der Waals surface area contributed by atoms with Crippen molar-refractivity contribution >= 4 is 39.1 Å². The number of esters is 1. The molecule has 25 heavy (non-hydrogen) atoms. The van der Waals surface area contributed by atoms with Crippen molar-refractivity contribution < 1.29 is 19.0 Å². The third-order valence-electron chi connectivity index (χ3n) is 3.37. The summed E-state index contributed by atoms with van der Waals surface area (Å²) in [5.41, 5.74) is 0.496. The number of nitrogens with zero attached hydrogens (tertiary/aromatic N) is 1. The Morgan fingerprint density at radius 2 is 2.12 bits per heavy atom. The number of ether oxygens (including phenoxy) is 3. The molecule has 0 aliphatic carbocycles. The highest BCUT2D eigenvalue weighted by Crippen LogP contribution is 2.36. The average molecular weight is 381 g/mol. The van der Waals surface area contributed by atoms with Gasteiger partial charge in [0.15, 0.2) is 11.5 Å². The van der Waals surface area contributed by atoms with Crippen molar-refractivity contribution in [2.24, 2.45) is 0 Å². The van der Waals surface area contributed by atoms with E-state index in [-0.39, 0.29) is 28.6 Å². The van der Waals surface area contributed by atoms with Crippen molar-refractivity contribution in [2.75, 3.05) is 14.2 Å². The summed E-state index contributed by atoms with van der Waals surface area (Å²) in [5.74, 6) is 0.273. The first-order valence-corrected chi connectivity index (χ1v) is 8.34. The fourth-order valence-corrected chi connectivity index (χ4v) is 3.26. The van der Waals surface area contributed by atoms with Crippen molar-refractivity contribution in [1.82, 2.24) is 9.97 Å². The molecule has 0 unspecified atom stereocenters. The van der Waals surface area contributed by atoms with E-state index in [9.17, 15) is 9.59 Å². The molecule has 0 amide bonds. The highest BCUT2D eigenvalue weighted by molar-refractivity contribution is 7.17. The highest BCUT2D eigenvalue weighted by atomic mass is 35.5. The molecule has 1 aromatic carbocycles. The minimum Gasteiger partial charge on any atom is -0.493 e. The van der Waals surface area contributed by atoms with Gasteiger partial charge in [-0.25, -0.2) is 9.78 Å². The first-order chi connectivity index (χ1) is 12.0. The Labute approximate surface area is 151 Å². The van der Waals surface area contributed by atoms with Gasteiger partial charge in [0.2, 0.25) is 0 Å². The largest absolute Gasteiger partial charge is 0.493 e. The molecule has 9 heteroatoms. The van der Waals surface area contributed by atoms with Gasteiger partial charge in [-0.3, -0.25) is 4.79 Å². The van der Waals surface area contributed by atoms with Crippen molar-refractivity contribution in [3.05, 3.63) is 50.3 Å². The van der Waals surface area contributed by atoms with E-state index in [4.69, 9.17) is 25.8 Å². The number of carbonyl (C=O) groups excluding carboxylic acids is 1. The number of methoxy groups -OCH3 is 2. The number of aromatic nitrogens is 2. The third kappa shape index (κ3) is 3.45. The molecule has 0 saturated heterocycles. The van der Waals surface area contributed by atoms with Crippen LogP contribution in [-0.4, -0.2) is 30.2 Å². The lowest BCUT2D eigenvalue weighted by Gasteiger charge is -2.11. The number of aromatic amines is 1. The van der Waals surface area contributed by atoms with Crippen molar-refractivity contribution in [2.45, 2.75) is 6.61 Å². The van der Waals surface area contributed by atoms with Crippen LogP contribution in [0.15, 0.2) is 28.4 Å². The Bertz CT molecular complexity index is 998. The molecule has 0 bridgehead atoms. The van der Waals surface area contributed by atoms with Gasteiger partial charge >= 0.3 is 5.97 Å². The van der Waals surface area contributed by atoms with Crippen LogP contribution in [0.25, 0.3) is 10.2 Å². The number of hydrogen-bond acceptors (Lipinski definition) is 7. The van der Waals surface area contributed by atoms with Crippen LogP contribution in [0.1, 0.15) is 16.2 Å². The summed E-state index contributed by atoms with van der Waals surface area (Å²) in [7, 11) is 2.89. The Morgan fingerprint density at radius 3 is 2.84 bits per heavy atom. The molecule has 130 valence electrons. The first kappa shape index (κ1) is 17.2. The minimum absolute atomic E-state index is 0.175. The Hall–Kier alpha value is -2.58. The number of fused-ring (bicyclic) bond motifs is 1. The summed E-state index contributed by atoms with van der Waals surface area (Å²) >= 11 is 7.38. The zero-order valence-electron chi connectivity index (χ0n) is 13.3. The number of carbonyl (C=O) groups is 1. The van der Waals surface area contributed by atoms with Crippen LogP contribution in [0, 0.1) is 0 Å². The molecule has 0 aliphatic rings. The number of thiophene rings is 1. The third-order valence-corrected chi connectivity index (χ3v) is 4.56. The Kier molecular flexibility index (Phi) is 4.91. The Balaban J connectivity index is 1.80. The van der Waals surface area contributed by atoms with Crippen LogP contribution in [0.5, 0.6) is 11.5 Å². The van der Waals surface area contributed by atoms with Gasteiger partial charge < -0.3 is 19.2 Å². The van der Waals surface area contributed by atoms with E-state index >= 15 is 0 Å². The maximum Gasteiger partial charge on any atom is 0.338 e. The number of H-pyrrole nitrogens is 1. The predicted molar refractivity (Wildman–Crippen MR) is 93.9 cm³/mol. The zero-order valence-corrected chi connectivity index (χ0v) is 14.9. The molecule has 2 aromatic heterocycles. The van der Waals surface area contributed by atoms with Gasteiger partial charge in [0.05, 0.1) is 30.3 Å². The standard InChI is InChI=1S/C16H13ClN2O5S/c1-22-11-6-8(5-9(17)13(11)23-2)16(21)24-7-12-18-10-3-4-25-14(10)15(20)19-12/h3-6H,7H2,1-2H3,(H,18,19,20). The SMILES string of the molecule is COc1cc(C(=O)OCc2nc3ccsc3c(=O)[nH]2)cc(Cl)c1OC. The predicted octanol–water partition coefficient (Wildman–Crippen LogP) is 3.01. The molecule has 0 fully saturated rings. The maximum absolute atomic E-state index is 12.2. The van der Waals surface area contributed by atoms with E-state index in [0.29, 0.717) is 21.7 Å². The first-order valence-electron chi connectivity index (χ1n) is 7.08. The molecule has 0 radical (unpaired) electrons. The molecule has 0 aliphatic heterocycles. The van der Waals surface area contributed by atoms with Crippen LogP contribution in [0.4, 0.5) is 0 Å². The van der Waals surface area contributed by atoms with E-state index in [1.54, 1.807) is 11.4 Å². The number of hydrogen-bond donors (Lipinski definition) is 1. The molecule has 3 rings (SSSR count). The van der Waals surface area contributed by atoms with Crippen LogP contribution < -0.4 is 15.0 Å². The minimum atomic E-state index is -0.629. The van der Waals surface area contributed by atoms with Crippen LogP contribution in [-0.2, 0) is 11.3 Å². The van der Waals surface area contributed by atoms with Gasteiger partial charge in [-0.2, -0.15) is 0 Å². The summed E-state index contributed by atoms with van der Waals surface area (Å²) in [5, 5.41) is 1.99. The topological polar surface area (TPSA) is 90.5 Å². The van der Waals surface area contributed by atoms with E-state index in [2.05, 4.69) is 9.97 Å². The molecule has 0 saturated carbocycles. The van der Waals surface area contributed by atoms with Gasteiger partial charge in [-0.1, -0.05) is 11.6 Å². The molecular weight excluding hydrogens is 368 g/mol. The maximum atomic E-state index is 12.2. The number of nitrogens with one attached hydrogen (secondary N) is 1. The normalized spacial score (nSPS) is 10.7. The molecule has 3 aromatic rings. The molecule has 2 heterocycles. The van der Waals surface area contributed by atoms with Gasteiger partial charge in [0, 0.05) is 0 Å². The second kappa shape index (κ2) is 7.12. The Morgan fingerprint density at radius 1 is 1.32 bits per heavy atom. The molecular formula is C16H13ClN2O5S. The molecule has 7 nitrogen and oxygen atoms in total. The molecule has 1 N–H and O–H groups in total. The summed E-state index contributed by atoms with van der Waals surface area (Å²) in [6.07, 6.45) is 0. The van der Waals surface area contributed by atoms with Crippen molar-refractivity contribution in [1.29, 1.82) is 0 Å². The molecule has 0 spiro atoms. The summed E-state index contributed by atoms with van der Waals surface area (Å²) in [6.45, 7) is -0.175. The average Bonchev–Trinajstić information content (AvgIpc) is 3.08. The lowest BCUT2D eigenvalue weighted by atomic mass is 10.2. The van der Waals surface area contributed by atoms with E-state index < -0.39 is 5.97 Å². The lowest BCUT2D eigenvalue weighted by molar-refractivity contribution is 0.0462. The quantitative estimate of drug-likeness (QED) is 0.684. The number of halogens is 1. The van der Waals surface area contributed by atoms with Crippen molar-refractivity contribution in [3.8, 4) is 11.5 Å². The second-order valence-corrected chi connectivity index (χ2v) is 6.24. The van der Waals surface area contributed by atoms with Crippen LogP contribution in [0.3, 0.4) is 0 Å². The van der Waals surface area contributed by atoms with Gasteiger partial charge in [-0.05, 0) is 23.6 Å². The highest BCUT2D eigenvalue weighted by Gasteiger charge is 2.17. The number of rotatable bonds is 5. The zero-order chi connectivity index (χ0) is 18.0. The summed E-state index contributed by atoms with van der Waals surface area (Å²) in [6, 6.07) is 4.61. The van der Waals surface area contributed by atoms with Crippen LogP contribution in [0.2, 0.25) is 5.02 Å². The fraction of sp³-hybridized carbons (Fsp3) is 0.188. The summed E-state index contributed by atoms with van der Waals surface area (Å²) in [4.78, 5) is 31.0. The van der Waals surface area contributed by atoms with E-state index in [1.807, 2.05) is 0 Å². The van der Waals surface area contributed by atoms with E-state index in [1.165, 1.54) is 37.7 Å². The lowest BCUT2D eigenvalue weighted by Crippen LogP contribution is -2.13. The number of benzene rings is 1. The van der Waals surface area contributed by atoms with Crippen molar-refractivity contribution in [3.63, 3.8) is 0 Å². The van der Waals surface area contributed by atoms with E-state index in [0.717, 1.165) is 0 Å². The second-order valence-electron chi connectivity index (χ2n) is 4.92. The molecule has 0 atom stereocenters.